The highest BCUT2D eigenvalue weighted by atomic mass is 19.4. The molecule has 1 rings (SSSR count). The summed E-state index contributed by atoms with van der Waals surface area (Å²) in [5, 5.41) is 1.06. The van der Waals surface area contributed by atoms with Crippen molar-refractivity contribution in [2.24, 2.45) is 5.41 Å². The Labute approximate surface area is 123 Å². The molecule has 130 valence electrons. The molecule has 2 nitrogen and oxygen atoms in total. The van der Waals surface area contributed by atoms with E-state index < -0.39 is 36.4 Å². The van der Waals surface area contributed by atoms with Crippen LogP contribution in [0.25, 0.3) is 0 Å². The molecule has 1 aromatic carbocycles. The lowest BCUT2D eigenvalue weighted by Crippen LogP contribution is -2.67. The second-order valence-corrected chi connectivity index (χ2v) is 4.41. The van der Waals surface area contributed by atoms with Crippen LogP contribution < -0.4 is 5.32 Å². The fraction of sp³-hybridized carbons (Fsp3) is 0.417. The van der Waals surface area contributed by atoms with E-state index >= 15 is 0 Å². The normalized spacial score (nSPS) is 13.8. The monoisotopic (exact) mass is 353 g/mol. The molecule has 1 N–H and O–H groups in total. The summed E-state index contributed by atoms with van der Waals surface area (Å²) in [4.78, 5) is 11.3. The second-order valence-electron chi connectivity index (χ2n) is 4.41. The van der Waals surface area contributed by atoms with Crippen LogP contribution in [0.1, 0.15) is 5.56 Å². The lowest BCUT2D eigenvalue weighted by molar-refractivity contribution is -0.406. The minimum Gasteiger partial charge on any atom is -0.351 e. The Balaban J connectivity index is 3.27. The molecule has 0 aliphatic heterocycles. The molecule has 0 bridgehead atoms. The topological polar surface area (TPSA) is 29.1 Å². The van der Waals surface area contributed by atoms with Crippen LogP contribution in [0.5, 0.6) is 0 Å². The first-order chi connectivity index (χ1) is 10.2. The minimum atomic E-state index is -6.91. The maximum Gasteiger partial charge on any atom is 0.421 e. The zero-order valence-corrected chi connectivity index (χ0v) is 10.9. The molecule has 23 heavy (non-hydrogen) atoms. The molecule has 0 aliphatic rings. The number of rotatable bonds is 3. The number of halogens is 9. The van der Waals surface area contributed by atoms with Gasteiger partial charge in [0.1, 0.15) is 0 Å². The smallest absolute Gasteiger partial charge is 0.351 e. The molecule has 11 heteroatoms. The van der Waals surface area contributed by atoms with Crippen LogP contribution >= 0.6 is 0 Å². The van der Waals surface area contributed by atoms with Crippen molar-refractivity contribution in [2.45, 2.75) is 25.1 Å². The number of carbonyl (C=O) groups is 1. The summed E-state index contributed by atoms with van der Waals surface area (Å²) in [6, 6.07) is 6.54. The van der Waals surface area contributed by atoms with Gasteiger partial charge < -0.3 is 5.32 Å². The van der Waals surface area contributed by atoms with Gasteiger partial charge in [-0.25, -0.2) is 0 Å². The van der Waals surface area contributed by atoms with E-state index in [0.717, 1.165) is 5.32 Å². The van der Waals surface area contributed by atoms with E-state index in [1.54, 1.807) is 0 Å². The Bertz CT molecular complexity index is 508. The molecular formula is C12H8F9NO. The van der Waals surface area contributed by atoms with Crippen molar-refractivity contribution in [3.63, 3.8) is 0 Å². The average Bonchev–Trinajstić information content (AvgIpc) is 2.32. The zero-order chi connectivity index (χ0) is 18.1. The third-order valence-corrected chi connectivity index (χ3v) is 2.91. The fourth-order valence-electron chi connectivity index (χ4n) is 1.78. The van der Waals surface area contributed by atoms with Crippen LogP contribution in [0.4, 0.5) is 39.5 Å². The summed E-state index contributed by atoms with van der Waals surface area (Å²) >= 11 is 0. The van der Waals surface area contributed by atoms with Gasteiger partial charge in [0.25, 0.3) is 5.91 Å². The number of benzene rings is 1. The SMILES string of the molecule is O=C(NCc1ccccc1)C(C(F)(F)F)(C(F)(F)F)C(F)(F)F. The second kappa shape index (κ2) is 5.93. The number of carbonyl (C=O) groups excluding carboxylic acids is 1. The van der Waals surface area contributed by atoms with Gasteiger partial charge >= 0.3 is 23.9 Å². The van der Waals surface area contributed by atoms with Crippen molar-refractivity contribution in [3.05, 3.63) is 35.9 Å². The zero-order valence-electron chi connectivity index (χ0n) is 10.9. The van der Waals surface area contributed by atoms with E-state index in [-0.39, 0.29) is 5.56 Å². The molecule has 0 heterocycles. The summed E-state index contributed by atoms with van der Waals surface area (Å²) < 4.78 is 114. The van der Waals surface area contributed by atoms with Crippen LogP contribution in [0.15, 0.2) is 30.3 Å². The summed E-state index contributed by atoms with van der Waals surface area (Å²) in [7, 11) is 0. The molecule has 0 radical (unpaired) electrons. The van der Waals surface area contributed by atoms with Gasteiger partial charge in [0, 0.05) is 6.54 Å². The summed E-state index contributed by atoms with van der Waals surface area (Å²) in [6.07, 6.45) is -20.7. The third-order valence-electron chi connectivity index (χ3n) is 2.91. The van der Waals surface area contributed by atoms with E-state index in [4.69, 9.17) is 0 Å². The van der Waals surface area contributed by atoms with E-state index in [1.807, 2.05) is 0 Å². The Morgan fingerprint density at radius 3 is 1.52 bits per heavy atom. The van der Waals surface area contributed by atoms with E-state index in [2.05, 4.69) is 0 Å². The number of hydrogen-bond acceptors (Lipinski definition) is 1. The minimum absolute atomic E-state index is 0.0290. The quantitative estimate of drug-likeness (QED) is 0.819. The van der Waals surface area contributed by atoms with Gasteiger partial charge in [0.2, 0.25) is 0 Å². The molecule has 0 saturated carbocycles. The van der Waals surface area contributed by atoms with Crippen molar-refractivity contribution in [2.75, 3.05) is 0 Å². The molecule has 0 fully saturated rings. The largest absolute Gasteiger partial charge is 0.421 e. The molecule has 0 unspecified atom stereocenters. The number of alkyl halides is 9. The Hall–Kier alpha value is -1.94. The first kappa shape index (κ1) is 19.1. The van der Waals surface area contributed by atoms with Crippen molar-refractivity contribution >= 4 is 5.91 Å². The first-order valence-electron chi connectivity index (χ1n) is 5.77. The van der Waals surface area contributed by atoms with Crippen molar-refractivity contribution < 1.29 is 44.3 Å². The number of nitrogens with one attached hydrogen (secondary N) is 1. The highest BCUT2D eigenvalue weighted by Gasteiger charge is 2.87. The molecule has 0 atom stereocenters. The van der Waals surface area contributed by atoms with Gasteiger partial charge in [-0.2, -0.15) is 39.5 Å². The Morgan fingerprint density at radius 1 is 0.783 bits per heavy atom. The summed E-state index contributed by atoms with van der Waals surface area (Å²) in [5.74, 6) is -3.23. The summed E-state index contributed by atoms with van der Waals surface area (Å²) in [6.45, 7) is -0.927. The van der Waals surface area contributed by atoms with Gasteiger partial charge in [0.15, 0.2) is 0 Å². The first-order valence-corrected chi connectivity index (χ1v) is 5.77. The Morgan fingerprint density at radius 2 is 1.17 bits per heavy atom. The van der Waals surface area contributed by atoms with Gasteiger partial charge in [-0.3, -0.25) is 4.79 Å². The lowest BCUT2D eigenvalue weighted by Gasteiger charge is -2.36. The Kier molecular flexibility index (Phi) is 4.93. The van der Waals surface area contributed by atoms with Crippen molar-refractivity contribution in [1.29, 1.82) is 0 Å². The molecule has 0 aromatic heterocycles. The van der Waals surface area contributed by atoms with Crippen LogP contribution in [-0.4, -0.2) is 24.4 Å². The van der Waals surface area contributed by atoms with E-state index in [9.17, 15) is 44.3 Å². The maximum absolute atomic E-state index is 12.6. The maximum atomic E-state index is 12.6. The van der Waals surface area contributed by atoms with Gasteiger partial charge in [0.05, 0.1) is 0 Å². The predicted octanol–water partition coefficient (Wildman–Crippen LogP) is 3.98. The average molecular weight is 353 g/mol. The standard InChI is InChI=1S/C12H8F9NO/c13-10(14,15)9(11(16,17)18,12(19,20)21)8(23)22-6-7-4-2-1-3-5-7/h1-5H,6H2,(H,22,23). The summed E-state index contributed by atoms with van der Waals surface area (Å²) in [5.41, 5.74) is -6.47. The highest BCUT2D eigenvalue weighted by molar-refractivity contribution is 5.85. The van der Waals surface area contributed by atoms with E-state index in [1.165, 1.54) is 30.3 Å². The fourth-order valence-corrected chi connectivity index (χ4v) is 1.78. The van der Waals surface area contributed by atoms with Gasteiger partial charge in [-0.15, -0.1) is 0 Å². The molecule has 1 aromatic rings. The molecule has 0 aliphatic carbocycles. The van der Waals surface area contributed by atoms with E-state index in [0.29, 0.717) is 0 Å². The number of amides is 1. The molecule has 1 amide bonds. The van der Waals surface area contributed by atoms with Gasteiger partial charge in [-0.1, -0.05) is 30.3 Å². The molecule has 0 spiro atoms. The predicted molar refractivity (Wildman–Crippen MR) is 58.9 cm³/mol. The third kappa shape index (κ3) is 3.37. The molecule has 0 saturated heterocycles. The van der Waals surface area contributed by atoms with Crippen molar-refractivity contribution in [1.82, 2.24) is 5.32 Å². The molecular weight excluding hydrogens is 345 g/mol. The highest BCUT2D eigenvalue weighted by Crippen LogP contribution is 2.59. The van der Waals surface area contributed by atoms with Crippen LogP contribution in [-0.2, 0) is 11.3 Å². The van der Waals surface area contributed by atoms with Crippen LogP contribution in [0.2, 0.25) is 0 Å². The number of hydrogen-bond donors (Lipinski definition) is 1. The van der Waals surface area contributed by atoms with Crippen molar-refractivity contribution in [3.8, 4) is 0 Å². The van der Waals surface area contributed by atoms with Crippen LogP contribution in [0.3, 0.4) is 0 Å². The lowest BCUT2D eigenvalue weighted by atomic mass is 9.84. The van der Waals surface area contributed by atoms with Gasteiger partial charge in [-0.05, 0) is 5.56 Å². The van der Waals surface area contributed by atoms with Crippen LogP contribution in [0, 0.1) is 5.41 Å².